The number of aryl methyl sites for hydroxylation is 1. The van der Waals surface area contributed by atoms with Gasteiger partial charge in [-0.1, -0.05) is 85.1 Å². The number of rotatable bonds is 15. The summed E-state index contributed by atoms with van der Waals surface area (Å²) in [6.07, 6.45) is 3.66. The second-order valence-corrected chi connectivity index (χ2v) is 12.6. The first-order valence-corrected chi connectivity index (χ1v) is 16.2. The van der Waals surface area contributed by atoms with Crippen LogP contribution >= 0.6 is 11.6 Å². The summed E-state index contributed by atoms with van der Waals surface area (Å²) in [4.78, 5) is 29.0. The van der Waals surface area contributed by atoms with Crippen molar-refractivity contribution in [2.75, 3.05) is 23.7 Å². The number of hydrogen-bond donors (Lipinski definition) is 1. The molecule has 0 aliphatic carbocycles. The molecule has 0 aliphatic rings. The Morgan fingerprint density at radius 2 is 1.61 bits per heavy atom. The molecule has 1 unspecified atom stereocenters. The minimum absolute atomic E-state index is 0.0754. The number of amides is 2. The van der Waals surface area contributed by atoms with Gasteiger partial charge in [-0.05, 0) is 55.2 Å². The van der Waals surface area contributed by atoms with Crippen molar-refractivity contribution in [2.45, 2.75) is 58.5 Å². The normalized spacial score (nSPS) is 12.0. The van der Waals surface area contributed by atoms with Crippen LogP contribution in [0.25, 0.3) is 0 Å². The molecular weight excluding hydrogens is 558 g/mol. The van der Waals surface area contributed by atoms with Crippen molar-refractivity contribution in [3.8, 4) is 0 Å². The SMILES string of the molecule is CCCCNC(=O)C(Cc1ccccc1)N(Cc1cccc(Cl)c1)C(=O)CCCN(c1ccc(C)cc1)S(C)(=O)=O. The van der Waals surface area contributed by atoms with E-state index in [1.54, 1.807) is 29.2 Å². The predicted molar refractivity (Wildman–Crippen MR) is 166 cm³/mol. The summed E-state index contributed by atoms with van der Waals surface area (Å²) in [6, 6.07) is 23.4. The van der Waals surface area contributed by atoms with Crippen LogP contribution in [-0.4, -0.2) is 50.5 Å². The van der Waals surface area contributed by atoms with E-state index >= 15 is 0 Å². The lowest BCUT2D eigenvalue weighted by Crippen LogP contribution is -2.50. The topological polar surface area (TPSA) is 86.8 Å². The summed E-state index contributed by atoms with van der Waals surface area (Å²) in [5.74, 6) is -0.441. The summed E-state index contributed by atoms with van der Waals surface area (Å²) in [5.41, 5.74) is 3.33. The van der Waals surface area contributed by atoms with Crippen LogP contribution in [-0.2, 0) is 32.6 Å². The van der Waals surface area contributed by atoms with Gasteiger partial charge in [-0.15, -0.1) is 0 Å². The molecule has 1 atom stereocenters. The first-order valence-electron chi connectivity index (χ1n) is 14.0. The van der Waals surface area contributed by atoms with Crippen LogP contribution in [0, 0.1) is 6.92 Å². The average Bonchev–Trinajstić information content (AvgIpc) is 2.93. The molecule has 0 bridgehead atoms. The van der Waals surface area contributed by atoms with E-state index in [0.717, 1.165) is 35.8 Å². The van der Waals surface area contributed by atoms with Gasteiger partial charge in [-0.25, -0.2) is 8.42 Å². The van der Waals surface area contributed by atoms with Crippen LogP contribution in [0.5, 0.6) is 0 Å². The van der Waals surface area contributed by atoms with Crippen molar-refractivity contribution in [2.24, 2.45) is 0 Å². The van der Waals surface area contributed by atoms with E-state index in [-0.39, 0.29) is 31.3 Å². The third-order valence-electron chi connectivity index (χ3n) is 6.82. The van der Waals surface area contributed by atoms with Gasteiger partial charge in [0.1, 0.15) is 6.04 Å². The van der Waals surface area contributed by atoms with E-state index in [2.05, 4.69) is 12.2 Å². The Kier molecular flexibility index (Phi) is 12.2. The van der Waals surface area contributed by atoms with Gasteiger partial charge in [0.25, 0.3) is 0 Å². The molecule has 0 fully saturated rings. The Labute approximate surface area is 249 Å². The molecule has 0 spiro atoms. The van der Waals surface area contributed by atoms with E-state index in [4.69, 9.17) is 11.6 Å². The lowest BCUT2D eigenvalue weighted by Gasteiger charge is -2.32. The quantitative estimate of drug-likeness (QED) is 0.226. The fourth-order valence-electron chi connectivity index (χ4n) is 4.61. The molecule has 1 N–H and O–H groups in total. The number of carbonyl (C=O) groups is 2. The molecule has 220 valence electrons. The van der Waals surface area contributed by atoms with Gasteiger partial charge in [0, 0.05) is 37.5 Å². The number of sulfonamides is 1. The monoisotopic (exact) mass is 597 g/mol. The van der Waals surface area contributed by atoms with Crippen LogP contribution < -0.4 is 9.62 Å². The Hall–Kier alpha value is -3.36. The first kappa shape index (κ1) is 32.2. The fraction of sp³-hybridized carbons (Fsp3) is 0.375. The summed E-state index contributed by atoms with van der Waals surface area (Å²) >= 11 is 6.25. The Morgan fingerprint density at radius 1 is 0.927 bits per heavy atom. The maximum absolute atomic E-state index is 13.9. The van der Waals surface area contributed by atoms with Gasteiger partial charge in [0.15, 0.2) is 0 Å². The largest absolute Gasteiger partial charge is 0.354 e. The molecule has 2 amide bonds. The second kappa shape index (κ2) is 15.6. The van der Waals surface area contributed by atoms with E-state index < -0.39 is 16.1 Å². The zero-order valence-corrected chi connectivity index (χ0v) is 25.6. The average molecular weight is 598 g/mol. The minimum Gasteiger partial charge on any atom is -0.354 e. The zero-order valence-electron chi connectivity index (χ0n) is 24.1. The maximum Gasteiger partial charge on any atom is 0.243 e. The Balaban J connectivity index is 1.86. The van der Waals surface area contributed by atoms with E-state index in [0.29, 0.717) is 30.1 Å². The van der Waals surface area contributed by atoms with E-state index in [1.807, 2.05) is 61.5 Å². The molecule has 41 heavy (non-hydrogen) atoms. The molecule has 0 saturated heterocycles. The van der Waals surface area contributed by atoms with Crippen LogP contribution in [0.4, 0.5) is 5.69 Å². The maximum atomic E-state index is 13.9. The van der Waals surface area contributed by atoms with Crippen LogP contribution in [0.1, 0.15) is 49.3 Å². The van der Waals surface area contributed by atoms with Crippen molar-refractivity contribution < 1.29 is 18.0 Å². The van der Waals surface area contributed by atoms with E-state index in [1.165, 1.54) is 4.31 Å². The summed E-state index contributed by atoms with van der Waals surface area (Å²) in [7, 11) is -3.56. The molecule has 0 aliphatic heterocycles. The van der Waals surface area contributed by atoms with Gasteiger partial charge in [0.2, 0.25) is 21.8 Å². The number of nitrogens with one attached hydrogen (secondary N) is 1. The van der Waals surface area contributed by atoms with Crippen molar-refractivity contribution in [1.29, 1.82) is 0 Å². The smallest absolute Gasteiger partial charge is 0.243 e. The highest BCUT2D eigenvalue weighted by atomic mass is 35.5. The number of carbonyl (C=O) groups excluding carboxylic acids is 2. The number of unbranched alkanes of at least 4 members (excludes halogenated alkanes) is 1. The highest BCUT2D eigenvalue weighted by molar-refractivity contribution is 7.92. The highest BCUT2D eigenvalue weighted by Gasteiger charge is 2.30. The molecule has 7 nitrogen and oxygen atoms in total. The number of benzene rings is 3. The predicted octanol–water partition coefficient (Wildman–Crippen LogP) is 5.75. The molecule has 3 rings (SSSR count). The molecule has 3 aromatic carbocycles. The number of hydrogen-bond acceptors (Lipinski definition) is 4. The van der Waals surface area contributed by atoms with Crippen LogP contribution in [0.15, 0.2) is 78.9 Å². The lowest BCUT2D eigenvalue weighted by atomic mass is 10.0. The van der Waals surface area contributed by atoms with Crippen LogP contribution in [0.2, 0.25) is 5.02 Å². The summed E-state index contributed by atoms with van der Waals surface area (Å²) < 4.78 is 26.5. The standard InChI is InChI=1S/C32H40ClN3O4S/c1-4-5-20-34-32(38)30(23-26-11-7-6-8-12-26)35(24-27-13-9-14-28(33)22-27)31(37)15-10-21-36(41(3,39)40)29-18-16-25(2)17-19-29/h6-9,11-14,16-19,22,30H,4-5,10,15,20-21,23-24H2,1-3H3,(H,34,38). The Morgan fingerprint density at radius 3 is 2.24 bits per heavy atom. The summed E-state index contributed by atoms with van der Waals surface area (Å²) in [6.45, 7) is 4.86. The van der Waals surface area contributed by atoms with Crippen molar-refractivity contribution >= 4 is 39.1 Å². The fourth-order valence-corrected chi connectivity index (χ4v) is 5.79. The van der Waals surface area contributed by atoms with Gasteiger partial charge < -0.3 is 10.2 Å². The van der Waals surface area contributed by atoms with Gasteiger partial charge >= 0.3 is 0 Å². The van der Waals surface area contributed by atoms with E-state index in [9.17, 15) is 18.0 Å². The number of nitrogens with zero attached hydrogens (tertiary/aromatic N) is 2. The van der Waals surface area contributed by atoms with Crippen LogP contribution in [0.3, 0.4) is 0 Å². The molecule has 0 aromatic heterocycles. The molecule has 0 heterocycles. The lowest BCUT2D eigenvalue weighted by molar-refractivity contribution is -0.141. The molecule has 9 heteroatoms. The minimum atomic E-state index is -3.56. The van der Waals surface area contributed by atoms with Gasteiger partial charge in [0.05, 0.1) is 11.9 Å². The molecule has 0 radical (unpaired) electrons. The Bertz CT molecular complexity index is 1380. The third kappa shape index (κ3) is 10.2. The summed E-state index contributed by atoms with van der Waals surface area (Å²) in [5, 5.41) is 3.56. The van der Waals surface area contributed by atoms with Crippen molar-refractivity contribution in [3.63, 3.8) is 0 Å². The number of anilines is 1. The molecule has 0 saturated carbocycles. The zero-order chi connectivity index (χ0) is 29.8. The van der Waals surface area contributed by atoms with Crippen molar-refractivity contribution in [1.82, 2.24) is 10.2 Å². The molecule has 3 aromatic rings. The van der Waals surface area contributed by atoms with Crippen molar-refractivity contribution in [3.05, 3.63) is 101 Å². The van der Waals surface area contributed by atoms with Gasteiger partial charge in [-0.2, -0.15) is 0 Å². The number of halogens is 1. The second-order valence-electron chi connectivity index (χ2n) is 10.3. The molecular formula is C32H40ClN3O4S. The highest BCUT2D eigenvalue weighted by Crippen LogP contribution is 2.21. The van der Waals surface area contributed by atoms with Gasteiger partial charge in [-0.3, -0.25) is 13.9 Å². The first-order chi connectivity index (χ1) is 19.6. The third-order valence-corrected chi connectivity index (χ3v) is 8.25.